The Hall–Kier alpha value is -1.67. The van der Waals surface area contributed by atoms with E-state index in [2.05, 4.69) is 0 Å². The van der Waals surface area contributed by atoms with Gasteiger partial charge in [-0.15, -0.1) is 0 Å². The Bertz CT molecular complexity index is 1190. The van der Waals surface area contributed by atoms with Gasteiger partial charge < -0.3 is 10.2 Å². The molecule has 3 N–H and O–H groups in total. The van der Waals surface area contributed by atoms with Crippen molar-refractivity contribution in [3.8, 4) is 11.5 Å². The molecule has 0 aromatic heterocycles. The van der Waals surface area contributed by atoms with Gasteiger partial charge in [0.25, 0.3) is 10.1 Å². The minimum Gasteiger partial charge on any atom is -0.508 e. The number of phenols is 2. The number of halogens is 4. The molecule has 10 heteroatoms. The van der Waals surface area contributed by atoms with Crippen molar-refractivity contribution in [2.75, 3.05) is 0 Å². The van der Waals surface area contributed by atoms with Crippen molar-refractivity contribution in [2.24, 2.45) is 0 Å². The van der Waals surface area contributed by atoms with E-state index in [0.717, 1.165) is 12.1 Å². The molecule has 0 bridgehead atoms. The molecule has 1 unspecified atom stereocenters. The fraction of sp³-hybridized carbons (Fsp3) is 0.0526. The van der Waals surface area contributed by atoms with Crippen LogP contribution in [0.1, 0.15) is 16.7 Å². The predicted octanol–water partition coefficient (Wildman–Crippen LogP) is 5.89. The summed E-state index contributed by atoms with van der Waals surface area (Å²) in [7, 11) is -5.00. The quantitative estimate of drug-likeness (QED) is 0.239. The molecule has 0 heterocycles. The van der Waals surface area contributed by atoms with E-state index in [0.29, 0.717) is 0 Å². The number of hydrogen-bond acceptors (Lipinski definition) is 4. The van der Waals surface area contributed by atoms with Crippen LogP contribution in [-0.2, 0) is 14.9 Å². The van der Waals surface area contributed by atoms with E-state index in [1.54, 1.807) is 0 Å². The van der Waals surface area contributed by atoms with E-state index >= 15 is 0 Å². The van der Waals surface area contributed by atoms with E-state index in [9.17, 15) is 23.2 Å². The molecule has 0 amide bonds. The monoisotopic (exact) mass is 492 g/mol. The molecule has 0 aliphatic carbocycles. The van der Waals surface area contributed by atoms with Gasteiger partial charge in [0.1, 0.15) is 11.5 Å². The molecule has 0 radical (unpaired) electrons. The highest BCUT2D eigenvalue weighted by molar-refractivity contribution is 7.87. The van der Waals surface area contributed by atoms with Crippen LogP contribution in [0.5, 0.6) is 11.5 Å². The maximum absolute atomic E-state index is 12.9. The van der Waals surface area contributed by atoms with E-state index < -0.39 is 20.6 Å². The van der Waals surface area contributed by atoms with Crippen molar-refractivity contribution >= 4 is 56.5 Å². The van der Waals surface area contributed by atoms with E-state index in [4.69, 9.17) is 46.4 Å². The summed E-state index contributed by atoms with van der Waals surface area (Å²) in [5.41, 5.74) is -0.162. The molecule has 1 atom stereocenters. The van der Waals surface area contributed by atoms with Crippen LogP contribution >= 0.6 is 46.4 Å². The van der Waals surface area contributed by atoms with Gasteiger partial charge in [0.15, 0.2) is 4.75 Å². The molecule has 152 valence electrons. The van der Waals surface area contributed by atoms with Gasteiger partial charge in [-0.3, -0.25) is 4.55 Å². The zero-order valence-corrected chi connectivity index (χ0v) is 18.1. The SMILES string of the molecule is O=S(=O)(O)C(c1cccc(O)c1)(c1ccc(Cl)c(O)c1)c1cc(Cl)c(Cl)c(Cl)c1. The maximum atomic E-state index is 12.9. The number of aromatic hydroxyl groups is 2. The van der Waals surface area contributed by atoms with Gasteiger partial charge in [-0.05, 0) is 53.1 Å². The van der Waals surface area contributed by atoms with Crippen LogP contribution in [0, 0.1) is 0 Å². The van der Waals surface area contributed by atoms with Gasteiger partial charge in [0.05, 0.1) is 20.1 Å². The molecule has 3 rings (SSSR count). The second-order valence-electron chi connectivity index (χ2n) is 6.13. The highest BCUT2D eigenvalue weighted by Gasteiger charge is 2.49. The molecule has 5 nitrogen and oxygen atoms in total. The molecule has 0 aliphatic heterocycles. The average molecular weight is 494 g/mol. The van der Waals surface area contributed by atoms with E-state index in [1.165, 1.54) is 42.5 Å². The molecular formula is C19H12Cl4O5S. The molecule has 0 aliphatic rings. The second kappa shape index (κ2) is 7.87. The smallest absolute Gasteiger partial charge is 0.283 e. The number of phenolic OH excluding ortho intramolecular Hbond substituents is 2. The van der Waals surface area contributed by atoms with E-state index in [1.807, 2.05) is 0 Å². The van der Waals surface area contributed by atoms with Crippen molar-refractivity contribution < 1.29 is 23.2 Å². The first kappa shape index (κ1) is 22.0. The highest BCUT2D eigenvalue weighted by atomic mass is 35.5. The lowest BCUT2D eigenvalue weighted by molar-refractivity contribution is 0.455. The van der Waals surface area contributed by atoms with Crippen LogP contribution < -0.4 is 0 Å². The zero-order valence-electron chi connectivity index (χ0n) is 14.3. The largest absolute Gasteiger partial charge is 0.508 e. The molecule has 29 heavy (non-hydrogen) atoms. The lowest BCUT2D eigenvalue weighted by atomic mass is 9.83. The topological polar surface area (TPSA) is 94.8 Å². The van der Waals surface area contributed by atoms with Gasteiger partial charge in [0.2, 0.25) is 0 Å². The summed E-state index contributed by atoms with van der Waals surface area (Å²) in [6.07, 6.45) is 0. The first-order valence-electron chi connectivity index (χ1n) is 7.89. The normalized spacial score (nSPS) is 13.8. The van der Waals surface area contributed by atoms with Crippen molar-refractivity contribution in [1.29, 1.82) is 0 Å². The first-order chi connectivity index (χ1) is 13.5. The Balaban J connectivity index is 2.56. The van der Waals surface area contributed by atoms with Gasteiger partial charge in [-0.25, -0.2) is 0 Å². The first-order valence-corrected chi connectivity index (χ1v) is 10.8. The van der Waals surface area contributed by atoms with E-state index in [-0.39, 0.29) is 42.5 Å². The standard InChI is InChI=1S/C19H12Cl4O5S/c20-14-5-4-11(9-17(14)25)19(29(26,27)28,10-2-1-3-13(24)6-10)12-7-15(21)18(23)16(22)8-12/h1-9,24-25H,(H,26,27,28). The lowest BCUT2D eigenvalue weighted by Gasteiger charge is -2.33. The van der Waals surface area contributed by atoms with Crippen LogP contribution in [0.4, 0.5) is 0 Å². The van der Waals surface area contributed by atoms with Crippen LogP contribution in [0.15, 0.2) is 54.6 Å². The van der Waals surface area contributed by atoms with Crippen LogP contribution in [0.3, 0.4) is 0 Å². The van der Waals surface area contributed by atoms with Gasteiger partial charge in [0, 0.05) is 0 Å². The fourth-order valence-corrected chi connectivity index (χ4v) is 5.14. The molecule has 3 aromatic rings. The Morgan fingerprint density at radius 2 is 1.31 bits per heavy atom. The van der Waals surface area contributed by atoms with Gasteiger partial charge in [-0.1, -0.05) is 64.6 Å². The van der Waals surface area contributed by atoms with Crippen molar-refractivity contribution in [3.63, 3.8) is 0 Å². The molecule has 0 spiro atoms. The van der Waals surface area contributed by atoms with Crippen molar-refractivity contribution in [3.05, 3.63) is 91.4 Å². The second-order valence-corrected chi connectivity index (χ2v) is 9.29. The highest BCUT2D eigenvalue weighted by Crippen LogP contribution is 2.48. The predicted molar refractivity (Wildman–Crippen MR) is 114 cm³/mol. The van der Waals surface area contributed by atoms with Crippen molar-refractivity contribution in [1.82, 2.24) is 0 Å². The summed E-state index contributed by atoms with van der Waals surface area (Å²) in [5, 5.41) is 19.9. The molecule has 3 aromatic carbocycles. The lowest BCUT2D eigenvalue weighted by Crippen LogP contribution is -2.38. The molecule has 0 saturated carbocycles. The third-order valence-electron chi connectivity index (χ3n) is 4.38. The molecular weight excluding hydrogens is 482 g/mol. The maximum Gasteiger partial charge on any atom is 0.283 e. The summed E-state index contributed by atoms with van der Waals surface area (Å²) in [6.45, 7) is 0. The van der Waals surface area contributed by atoms with Gasteiger partial charge >= 0.3 is 0 Å². The Morgan fingerprint density at radius 1 is 0.724 bits per heavy atom. The van der Waals surface area contributed by atoms with Crippen molar-refractivity contribution in [2.45, 2.75) is 4.75 Å². The third kappa shape index (κ3) is 3.77. The van der Waals surface area contributed by atoms with Crippen LogP contribution in [0.25, 0.3) is 0 Å². The summed E-state index contributed by atoms with van der Waals surface area (Å²) >= 11 is 24.1. The van der Waals surface area contributed by atoms with Gasteiger partial charge in [-0.2, -0.15) is 8.42 Å². The Morgan fingerprint density at radius 3 is 1.83 bits per heavy atom. The average Bonchev–Trinajstić information content (AvgIpc) is 2.62. The minimum absolute atomic E-state index is 0.00353. The number of benzene rings is 3. The Kier molecular flexibility index (Phi) is 5.98. The summed E-state index contributed by atoms with van der Waals surface area (Å²) in [5.74, 6) is -0.664. The third-order valence-corrected chi connectivity index (χ3v) is 7.38. The Labute approximate surface area is 186 Å². The number of hydrogen-bond donors (Lipinski definition) is 3. The fourth-order valence-electron chi connectivity index (χ4n) is 3.16. The zero-order chi connectivity index (χ0) is 21.6. The minimum atomic E-state index is -5.00. The molecule has 0 saturated heterocycles. The number of rotatable bonds is 4. The molecule has 0 fully saturated rings. The summed E-state index contributed by atoms with van der Waals surface area (Å²) in [4.78, 5) is 0. The van der Waals surface area contributed by atoms with Crippen LogP contribution in [-0.4, -0.2) is 23.2 Å². The van der Waals surface area contributed by atoms with Crippen LogP contribution in [0.2, 0.25) is 20.1 Å². The summed E-state index contributed by atoms with van der Waals surface area (Å²) < 4.78 is 34.0. The summed E-state index contributed by atoms with van der Waals surface area (Å²) in [6, 6.07) is 11.4.